The smallest absolute Gasteiger partial charge is 0.223 e. The summed E-state index contributed by atoms with van der Waals surface area (Å²) in [7, 11) is 0. The topological polar surface area (TPSA) is 32.3 Å². The van der Waals surface area contributed by atoms with Crippen LogP contribution in [0.25, 0.3) is 0 Å². The molecule has 2 saturated heterocycles. The van der Waals surface area contributed by atoms with Crippen LogP contribution in [0.3, 0.4) is 0 Å². The number of hydrogen-bond donors (Lipinski definition) is 1. The molecule has 3 heteroatoms. The SMILES string of the molecule is CC(CC(=O)N1C(C)CCC1C)C1CCNCC1. The lowest BCUT2D eigenvalue weighted by Gasteiger charge is -2.31. The minimum absolute atomic E-state index is 0.388. The fourth-order valence-electron chi connectivity index (χ4n) is 3.65. The van der Waals surface area contributed by atoms with Gasteiger partial charge in [-0.15, -0.1) is 0 Å². The van der Waals surface area contributed by atoms with Crippen LogP contribution in [0, 0.1) is 11.8 Å². The average Bonchev–Trinajstić information content (AvgIpc) is 2.70. The van der Waals surface area contributed by atoms with Crippen LogP contribution in [0.1, 0.15) is 52.9 Å². The minimum atomic E-state index is 0.388. The third kappa shape index (κ3) is 3.05. The van der Waals surface area contributed by atoms with Crippen molar-refractivity contribution in [2.45, 2.75) is 65.0 Å². The highest BCUT2D eigenvalue weighted by Crippen LogP contribution is 2.29. The van der Waals surface area contributed by atoms with Gasteiger partial charge in [0.25, 0.3) is 0 Å². The number of carbonyl (C=O) groups excluding carboxylic acids is 1. The third-order valence-corrected chi connectivity index (χ3v) is 4.93. The first-order valence-corrected chi connectivity index (χ1v) is 7.61. The lowest BCUT2D eigenvalue weighted by Crippen LogP contribution is -2.40. The van der Waals surface area contributed by atoms with Gasteiger partial charge in [0.15, 0.2) is 0 Å². The third-order valence-electron chi connectivity index (χ3n) is 4.93. The normalized spacial score (nSPS) is 31.6. The Balaban J connectivity index is 1.86. The first-order chi connectivity index (χ1) is 8.59. The largest absolute Gasteiger partial charge is 0.337 e. The molecule has 0 aromatic rings. The molecule has 0 aliphatic carbocycles. The molecule has 3 atom stereocenters. The van der Waals surface area contributed by atoms with E-state index in [1.807, 2.05) is 0 Å². The Bertz CT molecular complexity index is 276. The van der Waals surface area contributed by atoms with E-state index in [1.165, 1.54) is 25.7 Å². The summed E-state index contributed by atoms with van der Waals surface area (Å²) in [5.41, 5.74) is 0. The van der Waals surface area contributed by atoms with Gasteiger partial charge in [0.2, 0.25) is 5.91 Å². The van der Waals surface area contributed by atoms with Crippen molar-refractivity contribution < 1.29 is 4.79 Å². The molecular formula is C15H28N2O. The molecule has 0 saturated carbocycles. The molecule has 2 aliphatic rings. The lowest BCUT2D eigenvalue weighted by atomic mass is 9.84. The predicted octanol–water partition coefficient (Wildman–Crippen LogP) is 2.41. The molecule has 2 rings (SSSR count). The molecule has 0 aromatic carbocycles. The molecule has 2 aliphatic heterocycles. The standard InChI is InChI=1S/C15H28N2O/c1-11(14-6-8-16-9-7-14)10-15(18)17-12(2)4-5-13(17)3/h11-14,16H,4-10H2,1-3H3. The van der Waals surface area contributed by atoms with Crippen LogP contribution in [-0.4, -0.2) is 36.0 Å². The molecule has 104 valence electrons. The Hall–Kier alpha value is -0.570. The molecular weight excluding hydrogens is 224 g/mol. The van der Waals surface area contributed by atoms with Crippen molar-refractivity contribution in [3.63, 3.8) is 0 Å². The number of nitrogens with one attached hydrogen (secondary N) is 1. The van der Waals surface area contributed by atoms with Crippen LogP contribution >= 0.6 is 0 Å². The van der Waals surface area contributed by atoms with Gasteiger partial charge in [-0.05, 0) is 64.5 Å². The number of piperidine rings is 1. The lowest BCUT2D eigenvalue weighted by molar-refractivity contribution is -0.134. The van der Waals surface area contributed by atoms with E-state index in [1.54, 1.807) is 0 Å². The zero-order chi connectivity index (χ0) is 13.1. The Kier molecular flexibility index (Phi) is 4.66. The van der Waals surface area contributed by atoms with Gasteiger partial charge >= 0.3 is 0 Å². The molecule has 18 heavy (non-hydrogen) atoms. The molecule has 3 unspecified atom stereocenters. The fourth-order valence-corrected chi connectivity index (χ4v) is 3.65. The quantitative estimate of drug-likeness (QED) is 0.836. The van der Waals surface area contributed by atoms with Crippen molar-refractivity contribution in [2.75, 3.05) is 13.1 Å². The number of carbonyl (C=O) groups is 1. The maximum Gasteiger partial charge on any atom is 0.223 e. The van der Waals surface area contributed by atoms with E-state index in [9.17, 15) is 4.79 Å². The molecule has 0 bridgehead atoms. The van der Waals surface area contributed by atoms with Crippen LogP contribution in [-0.2, 0) is 4.79 Å². The second kappa shape index (κ2) is 6.05. The van der Waals surface area contributed by atoms with Crippen molar-refractivity contribution >= 4 is 5.91 Å². The molecule has 0 radical (unpaired) electrons. The second-order valence-corrected chi connectivity index (χ2v) is 6.35. The summed E-state index contributed by atoms with van der Waals surface area (Å²) in [5, 5.41) is 3.40. The van der Waals surface area contributed by atoms with E-state index in [0.29, 0.717) is 23.9 Å². The zero-order valence-electron chi connectivity index (χ0n) is 12.1. The molecule has 1 N–H and O–H groups in total. The van der Waals surface area contributed by atoms with Crippen LogP contribution < -0.4 is 5.32 Å². The van der Waals surface area contributed by atoms with Crippen LogP contribution in [0.5, 0.6) is 0 Å². The average molecular weight is 252 g/mol. The van der Waals surface area contributed by atoms with Crippen molar-refractivity contribution in [1.82, 2.24) is 10.2 Å². The molecule has 3 nitrogen and oxygen atoms in total. The van der Waals surface area contributed by atoms with E-state index in [4.69, 9.17) is 0 Å². The van der Waals surface area contributed by atoms with Crippen molar-refractivity contribution in [3.8, 4) is 0 Å². The van der Waals surface area contributed by atoms with E-state index in [0.717, 1.165) is 25.4 Å². The Morgan fingerprint density at radius 2 is 1.72 bits per heavy atom. The molecule has 1 amide bonds. The number of nitrogens with zero attached hydrogens (tertiary/aromatic N) is 1. The predicted molar refractivity (Wildman–Crippen MR) is 74.4 cm³/mol. The van der Waals surface area contributed by atoms with Gasteiger partial charge in [0.05, 0.1) is 0 Å². The summed E-state index contributed by atoms with van der Waals surface area (Å²) in [6, 6.07) is 0.903. The number of amides is 1. The van der Waals surface area contributed by atoms with Crippen molar-refractivity contribution in [1.29, 1.82) is 0 Å². The Labute approximate surface area is 111 Å². The van der Waals surface area contributed by atoms with Crippen LogP contribution in [0.15, 0.2) is 0 Å². The summed E-state index contributed by atoms with van der Waals surface area (Å²) in [4.78, 5) is 14.6. The van der Waals surface area contributed by atoms with Crippen molar-refractivity contribution in [2.24, 2.45) is 11.8 Å². The highest BCUT2D eigenvalue weighted by Gasteiger charge is 2.32. The number of rotatable bonds is 3. The Morgan fingerprint density at radius 3 is 2.28 bits per heavy atom. The summed E-state index contributed by atoms with van der Waals surface area (Å²) in [5.74, 6) is 1.67. The molecule has 2 fully saturated rings. The van der Waals surface area contributed by atoms with E-state index in [2.05, 4.69) is 31.0 Å². The highest BCUT2D eigenvalue weighted by atomic mass is 16.2. The fraction of sp³-hybridized carbons (Fsp3) is 0.933. The Morgan fingerprint density at radius 1 is 1.17 bits per heavy atom. The number of hydrogen-bond acceptors (Lipinski definition) is 2. The van der Waals surface area contributed by atoms with Gasteiger partial charge < -0.3 is 10.2 Å². The minimum Gasteiger partial charge on any atom is -0.337 e. The van der Waals surface area contributed by atoms with Gasteiger partial charge in [-0.2, -0.15) is 0 Å². The summed E-state index contributed by atoms with van der Waals surface area (Å²) in [6.07, 6.45) is 5.57. The maximum atomic E-state index is 12.4. The van der Waals surface area contributed by atoms with Gasteiger partial charge in [0.1, 0.15) is 0 Å². The molecule has 0 spiro atoms. The van der Waals surface area contributed by atoms with E-state index >= 15 is 0 Å². The first-order valence-electron chi connectivity index (χ1n) is 7.61. The maximum absolute atomic E-state index is 12.4. The summed E-state index contributed by atoms with van der Waals surface area (Å²) < 4.78 is 0. The van der Waals surface area contributed by atoms with Gasteiger partial charge in [-0.3, -0.25) is 4.79 Å². The summed E-state index contributed by atoms with van der Waals surface area (Å²) >= 11 is 0. The van der Waals surface area contributed by atoms with E-state index < -0.39 is 0 Å². The van der Waals surface area contributed by atoms with Crippen LogP contribution in [0.2, 0.25) is 0 Å². The van der Waals surface area contributed by atoms with Crippen molar-refractivity contribution in [3.05, 3.63) is 0 Å². The molecule has 2 heterocycles. The second-order valence-electron chi connectivity index (χ2n) is 6.35. The van der Waals surface area contributed by atoms with Gasteiger partial charge in [0, 0.05) is 18.5 Å². The van der Waals surface area contributed by atoms with E-state index in [-0.39, 0.29) is 0 Å². The van der Waals surface area contributed by atoms with Gasteiger partial charge in [-0.25, -0.2) is 0 Å². The summed E-state index contributed by atoms with van der Waals surface area (Å²) in [6.45, 7) is 8.89. The van der Waals surface area contributed by atoms with Crippen LogP contribution in [0.4, 0.5) is 0 Å². The van der Waals surface area contributed by atoms with Gasteiger partial charge in [-0.1, -0.05) is 6.92 Å². The zero-order valence-corrected chi connectivity index (χ0v) is 12.1. The first kappa shape index (κ1) is 13.9. The highest BCUT2D eigenvalue weighted by molar-refractivity contribution is 5.77. The molecule has 0 aromatic heterocycles. The monoisotopic (exact) mass is 252 g/mol. The number of likely N-dealkylation sites (tertiary alicyclic amines) is 1.